The quantitative estimate of drug-likeness (QED) is 0.905. The summed E-state index contributed by atoms with van der Waals surface area (Å²) in [6, 6.07) is 7.46. The molecule has 0 saturated carbocycles. The van der Waals surface area contributed by atoms with Gasteiger partial charge in [-0.2, -0.15) is 0 Å². The highest BCUT2D eigenvalue weighted by Crippen LogP contribution is 2.18. The Morgan fingerprint density at radius 3 is 2.86 bits per heavy atom. The number of ether oxygens (including phenoxy) is 1. The molecule has 116 valence electrons. The molecule has 0 bridgehead atoms. The zero-order valence-corrected chi connectivity index (χ0v) is 13.1. The van der Waals surface area contributed by atoms with E-state index in [1.807, 2.05) is 43.0 Å². The first-order valence-electron chi connectivity index (χ1n) is 7.47. The van der Waals surface area contributed by atoms with Crippen LogP contribution in [-0.4, -0.2) is 61.1 Å². The number of nitrogens with zero attached hydrogens (tertiary/aromatic N) is 2. The van der Waals surface area contributed by atoms with E-state index < -0.39 is 0 Å². The van der Waals surface area contributed by atoms with Crippen LogP contribution in [0.2, 0.25) is 0 Å². The molecule has 5 nitrogen and oxygen atoms in total. The van der Waals surface area contributed by atoms with Gasteiger partial charge in [0.05, 0.1) is 12.1 Å². The fourth-order valence-corrected chi connectivity index (χ4v) is 2.62. The molecule has 21 heavy (non-hydrogen) atoms. The van der Waals surface area contributed by atoms with Crippen LogP contribution >= 0.6 is 0 Å². The number of nitrogens with two attached hydrogens (primary N) is 1. The van der Waals surface area contributed by atoms with Crippen LogP contribution < -0.4 is 10.5 Å². The number of amides is 1. The lowest BCUT2D eigenvalue weighted by Gasteiger charge is -2.39. The van der Waals surface area contributed by atoms with Crippen molar-refractivity contribution in [3.63, 3.8) is 0 Å². The molecule has 1 aromatic carbocycles. The van der Waals surface area contributed by atoms with Crippen molar-refractivity contribution in [2.75, 3.05) is 33.2 Å². The molecule has 1 aliphatic rings. The van der Waals surface area contributed by atoms with Crippen molar-refractivity contribution in [2.24, 2.45) is 5.73 Å². The van der Waals surface area contributed by atoms with Crippen LogP contribution in [0.5, 0.6) is 5.75 Å². The average molecular weight is 291 g/mol. The molecule has 1 fully saturated rings. The monoisotopic (exact) mass is 291 g/mol. The maximum atomic E-state index is 12.7. The van der Waals surface area contributed by atoms with E-state index in [0.717, 1.165) is 18.8 Å². The van der Waals surface area contributed by atoms with Gasteiger partial charge in [0.2, 0.25) is 0 Å². The summed E-state index contributed by atoms with van der Waals surface area (Å²) in [5.41, 5.74) is 6.49. The van der Waals surface area contributed by atoms with Gasteiger partial charge in [0.15, 0.2) is 0 Å². The predicted octanol–water partition coefficient (Wildman–Crippen LogP) is 1.19. The van der Waals surface area contributed by atoms with Crippen LogP contribution in [-0.2, 0) is 0 Å². The summed E-state index contributed by atoms with van der Waals surface area (Å²) in [7, 11) is 2.06. The minimum Gasteiger partial charge on any atom is -0.491 e. The van der Waals surface area contributed by atoms with Gasteiger partial charge in [0, 0.05) is 31.7 Å². The normalized spacial score (nSPS) is 19.9. The van der Waals surface area contributed by atoms with E-state index in [9.17, 15) is 4.79 Å². The Morgan fingerprint density at radius 1 is 1.43 bits per heavy atom. The standard InChI is InChI=1S/C16H25N3O2/c1-12(2)21-15-6-4-5-13(9-15)16(20)19-8-7-18(3)11-14(19)10-17/h4-6,9,12,14H,7-8,10-11,17H2,1-3H3. The predicted molar refractivity (Wildman–Crippen MR) is 83.6 cm³/mol. The fraction of sp³-hybridized carbons (Fsp3) is 0.562. The first-order valence-corrected chi connectivity index (χ1v) is 7.47. The van der Waals surface area contributed by atoms with Crippen molar-refractivity contribution >= 4 is 5.91 Å². The summed E-state index contributed by atoms with van der Waals surface area (Å²) in [5.74, 6) is 0.766. The molecule has 0 aliphatic carbocycles. The van der Waals surface area contributed by atoms with E-state index in [1.54, 1.807) is 0 Å². The van der Waals surface area contributed by atoms with E-state index in [4.69, 9.17) is 10.5 Å². The Bertz CT molecular complexity index is 490. The van der Waals surface area contributed by atoms with Crippen LogP contribution in [0.25, 0.3) is 0 Å². The third-order valence-corrected chi connectivity index (χ3v) is 3.67. The molecule has 1 saturated heterocycles. The summed E-state index contributed by atoms with van der Waals surface area (Å²) in [4.78, 5) is 16.8. The second kappa shape index (κ2) is 6.91. The Balaban J connectivity index is 2.15. The van der Waals surface area contributed by atoms with Gasteiger partial charge in [0.1, 0.15) is 5.75 Å². The van der Waals surface area contributed by atoms with Crippen molar-refractivity contribution in [1.82, 2.24) is 9.80 Å². The molecule has 1 aromatic rings. The number of likely N-dealkylation sites (N-methyl/N-ethyl adjacent to an activating group) is 1. The van der Waals surface area contributed by atoms with Gasteiger partial charge in [-0.25, -0.2) is 0 Å². The molecule has 5 heteroatoms. The zero-order valence-electron chi connectivity index (χ0n) is 13.1. The van der Waals surface area contributed by atoms with E-state index in [0.29, 0.717) is 18.7 Å². The second-order valence-electron chi connectivity index (χ2n) is 5.84. The third kappa shape index (κ3) is 3.95. The maximum absolute atomic E-state index is 12.7. The number of carbonyl (C=O) groups is 1. The van der Waals surface area contributed by atoms with E-state index in [-0.39, 0.29) is 18.1 Å². The molecule has 1 unspecified atom stereocenters. The Labute approximate surface area is 126 Å². The zero-order chi connectivity index (χ0) is 15.4. The Kier molecular flexibility index (Phi) is 5.20. The summed E-state index contributed by atoms with van der Waals surface area (Å²) >= 11 is 0. The van der Waals surface area contributed by atoms with Crippen LogP contribution in [0.4, 0.5) is 0 Å². The van der Waals surface area contributed by atoms with Crippen molar-refractivity contribution in [2.45, 2.75) is 26.0 Å². The van der Waals surface area contributed by atoms with Gasteiger partial charge in [-0.05, 0) is 39.1 Å². The number of hydrogen-bond donors (Lipinski definition) is 1. The topological polar surface area (TPSA) is 58.8 Å². The number of carbonyl (C=O) groups excluding carboxylic acids is 1. The number of piperazine rings is 1. The summed E-state index contributed by atoms with van der Waals surface area (Å²) < 4.78 is 5.66. The van der Waals surface area contributed by atoms with Crippen molar-refractivity contribution in [3.05, 3.63) is 29.8 Å². The highest BCUT2D eigenvalue weighted by atomic mass is 16.5. The van der Waals surface area contributed by atoms with Gasteiger partial charge in [-0.3, -0.25) is 4.79 Å². The number of benzene rings is 1. The average Bonchev–Trinajstić information content (AvgIpc) is 2.46. The van der Waals surface area contributed by atoms with Crippen molar-refractivity contribution < 1.29 is 9.53 Å². The summed E-state index contributed by atoms with van der Waals surface area (Å²) in [6.45, 7) is 6.85. The first kappa shape index (κ1) is 15.8. The van der Waals surface area contributed by atoms with E-state index >= 15 is 0 Å². The summed E-state index contributed by atoms with van der Waals surface area (Å²) in [5, 5.41) is 0. The number of rotatable bonds is 4. The van der Waals surface area contributed by atoms with E-state index in [1.165, 1.54) is 0 Å². The Hall–Kier alpha value is -1.59. The first-order chi connectivity index (χ1) is 10.0. The van der Waals surface area contributed by atoms with Gasteiger partial charge in [0.25, 0.3) is 5.91 Å². The molecule has 1 heterocycles. The largest absolute Gasteiger partial charge is 0.491 e. The smallest absolute Gasteiger partial charge is 0.254 e. The lowest BCUT2D eigenvalue weighted by Crippen LogP contribution is -2.56. The lowest BCUT2D eigenvalue weighted by atomic mass is 10.1. The van der Waals surface area contributed by atoms with Crippen molar-refractivity contribution in [3.8, 4) is 5.75 Å². The van der Waals surface area contributed by atoms with Gasteiger partial charge >= 0.3 is 0 Å². The molecule has 1 atom stereocenters. The lowest BCUT2D eigenvalue weighted by molar-refractivity contribution is 0.0515. The van der Waals surface area contributed by atoms with Crippen LogP contribution in [0.1, 0.15) is 24.2 Å². The minimum absolute atomic E-state index is 0.0350. The van der Waals surface area contributed by atoms with Crippen LogP contribution in [0, 0.1) is 0 Å². The molecule has 2 rings (SSSR count). The van der Waals surface area contributed by atoms with Crippen LogP contribution in [0.3, 0.4) is 0 Å². The second-order valence-corrected chi connectivity index (χ2v) is 5.84. The highest BCUT2D eigenvalue weighted by molar-refractivity contribution is 5.95. The molecule has 0 spiro atoms. The molecular formula is C16H25N3O2. The fourth-order valence-electron chi connectivity index (χ4n) is 2.62. The Morgan fingerprint density at radius 2 is 2.19 bits per heavy atom. The SMILES string of the molecule is CC(C)Oc1cccc(C(=O)N2CCN(C)CC2CN)c1. The van der Waals surface area contributed by atoms with E-state index in [2.05, 4.69) is 11.9 Å². The molecule has 2 N–H and O–H groups in total. The molecule has 0 aromatic heterocycles. The van der Waals surface area contributed by atoms with Gasteiger partial charge in [-0.15, -0.1) is 0 Å². The summed E-state index contributed by atoms with van der Waals surface area (Å²) in [6.07, 6.45) is 0.0933. The molecule has 1 amide bonds. The molecular weight excluding hydrogens is 266 g/mol. The highest BCUT2D eigenvalue weighted by Gasteiger charge is 2.28. The number of hydrogen-bond acceptors (Lipinski definition) is 4. The molecule has 1 aliphatic heterocycles. The van der Waals surface area contributed by atoms with Gasteiger partial charge < -0.3 is 20.3 Å². The van der Waals surface area contributed by atoms with Crippen LogP contribution in [0.15, 0.2) is 24.3 Å². The minimum atomic E-state index is 0.0350. The van der Waals surface area contributed by atoms with Crippen molar-refractivity contribution in [1.29, 1.82) is 0 Å². The van der Waals surface area contributed by atoms with Gasteiger partial charge in [-0.1, -0.05) is 6.07 Å². The molecule has 0 radical (unpaired) electrons. The third-order valence-electron chi connectivity index (χ3n) is 3.67. The maximum Gasteiger partial charge on any atom is 0.254 e.